The second kappa shape index (κ2) is 6.56. The standard InChI is InChI=1S/C10H14F3N3O2/c11-10(12,13)8-18-7-9(17)16-5-3-15(2-1-14)4-6-16/h2-8H2. The number of amides is 1. The summed E-state index contributed by atoms with van der Waals surface area (Å²) in [5.41, 5.74) is 0. The molecule has 0 aromatic carbocycles. The fraction of sp³-hybridized carbons (Fsp3) is 0.800. The Morgan fingerprint density at radius 3 is 2.39 bits per heavy atom. The molecule has 1 aliphatic rings. The van der Waals surface area contributed by atoms with E-state index < -0.39 is 25.3 Å². The zero-order chi connectivity index (χ0) is 13.6. The van der Waals surface area contributed by atoms with Gasteiger partial charge in [-0.05, 0) is 0 Å². The normalized spacial score (nSPS) is 17.6. The van der Waals surface area contributed by atoms with Crippen LogP contribution in [0.25, 0.3) is 0 Å². The largest absolute Gasteiger partial charge is 0.411 e. The van der Waals surface area contributed by atoms with Gasteiger partial charge in [-0.2, -0.15) is 18.4 Å². The van der Waals surface area contributed by atoms with Crippen molar-refractivity contribution in [3.8, 4) is 6.07 Å². The molecule has 0 bridgehead atoms. The summed E-state index contributed by atoms with van der Waals surface area (Å²) in [6.45, 7) is 0.264. The van der Waals surface area contributed by atoms with Gasteiger partial charge in [0.15, 0.2) is 0 Å². The molecule has 0 aromatic rings. The van der Waals surface area contributed by atoms with Gasteiger partial charge in [-0.1, -0.05) is 0 Å². The second-order valence-corrected chi connectivity index (χ2v) is 3.92. The van der Waals surface area contributed by atoms with Gasteiger partial charge in [0.2, 0.25) is 5.91 Å². The molecule has 1 aliphatic heterocycles. The fourth-order valence-electron chi connectivity index (χ4n) is 1.60. The molecule has 1 rings (SSSR count). The van der Waals surface area contributed by atoms with Gasteiger partial charge in [-0.25, -0.2) is 0 Å². The van der Waals surface area contributed by atoms with Crippen molar-refractivity contribution in [3.05, 3.63) is 0 Å². The van der Waals surface area contributed by atoms with Crippen molar-refractivity contribution in [2.45, 2.75) is 6.18 Å². The first-order chi connectivity index (χ1) is 8.42. The van der Waals surface area contributed by atoms with E-state index in [-0.39, 0.29) is 0 Å². The van der Waals surface area contributed by atoms with Crippen molar-refractivity contribution in [1.82, 2.24) is 9.80 Å². The van der Waals surface area contributed by atoms with Crippen LogP contribution in [0, 0.1) is 11.3 Å². The van der Waals surface area contributed by atoms with E-state index in [9.17, 15) is 18.0 Å². The molecule has 8 heteroatoms. The van der Waals surface area contributed by atoms with E-state index >= 15 is 0 Å². The first-order valence-electron chi connectivity index (χ1n) is 5.44. The van der Waals surface area contributed by atoms with Crippen LogP contribution in [0.5, 0.6) is 0 Å². The molecule has 0 unspecified atom stereocenters. The Hall–Kier alpha value is -1.33. The number of rotatable bonds is 4. The zero-order valence-electron chi connectivity index (χ0n) is 9.74. The second-order valence-electron chi connectivity index (χ2n) is 3.92. The smallest absolute Gasteiger partial charge is 0.362 e. The Labute approximate surface area is 103 Å². The lowest BCUT2D eigenvalue weighted by Crippen LogP contribution is -2.49. The highest BCUT2D eigenvalue weighted by molar-refractivity contribution is 5.77. The number of ether oxygens (including phenoxy) is 1. The molecule has 1 heterocycles. The molecule has 0 aromatic heterocycles. The average molecular weight is 265 g/mol. The van der Waals surface area contributed by atoms with Gasteiger partial charge < -0.3 is 9.64 Å². The van der Waals surface area contributed by atoms with E-state index in [0.717, 1.165) is 0 Å². The quantitative estimate of drug-likeness (QED) is 0.683. The number of halogens is 3. The molecule has 5 nitrogen and oxygen atoms in total. The van der Waals surface area contributed by atoms with Crippen LogP contribution in [0.1, 0.15) is 0 Å². The fourth-order valence-corrected chi connectivity index (χ4v) is 1.60. The molecule has 0 atom stereocenters. The summed E-state index contributed by atoms with van der Waals surface area (Å²) in [6, 6.07) is 2.01. The van der Waals surface area contributed by atoms with Gasteiger partial charge in [-0.15, -0.1) is 0 Å². The summed E-state index contributed by atoms with van der Waals surface area (Å²) in [5.74, 6) is -0.448. The number of carbonyl (C=O) groups excluding carboxylic acids is 1. The highest BCUT2D eigenvalue weighted by Gasteiger charge is 2.28. The molecule has 0 N–H and O–H groups in total. The third-order valence-electron chi connectivity index (χ3n) is 2.51. The highest BCUT2D eigenvalue weighted by Crippen LogP contribution is 2.14. The van der Waals surface area contributed by atoms with Crippen LogP contribution in [0.3, 0.4) is 0 Å². The molecule has 18 heavy (non-hydrogen) atoms. The van der Waals surface area contributed by atoms with Crippen molar-refractivity contribution >= 4 is 5.91 Å². The van der Waals surface area contributed by atoms with E-state index in [4.69, 9.17) is 5.26 Å². The third-order valence-corrected chi connectivity index (χ3v) is 2.51. The van der Waals surface area contributed by atoms with Crippen LogP contribution < -0.4 is 0 Å². The molecule has 1 saturated heterocycles. The van der Waals surface area contributed by atoms with Crippen molar-refractivity contribution in [2.75, 3.05) is 45.9 Å². The van der Waals surface area contributed by atoms with Crippen molar-refractivity contribution in [1.29, 1.82) is 5.26 Å². The molecule has 0 spiro atoms. The van der Waals surface area contributed by atoms with Crippen LogP contribution in [-0.2, 0) is 9.53 Å². The van der Waals surface area contributed by atoms with E-state index in [1.807, 2.05) is 11.0 Å². The average Bonchev–Trinajstić information content (AvgIpc) is 2.28. The van der Waals surface area contributed by atoms with E-state index in [1.165, 1.54) is 4.90 Å². The summed E-state index contributed by atoms with van der Waals surface area (Å²) >= 11 is 0. The Morgan fingerprint density at radius 2 is 1.89 bits per heavy atom. The van der Waals surface area contributed by atoms with Crippen LogP contribution >= 0.6 is 0 Å². The molecule has 1 amide bonds. The summed E-state index contributed by atoms with van der Waals surface area (Å²) in [5, 5.41) is 8.49. The maximum atomic E-state index is 11.8. The SMILES string of the molecule is N#CCN1CCN(C(=O)COCC(F)(F)F)CC1. The molecule has 0 aliphatic carbocycles. The molecular weight excluding hydrogens is 251 g/mol. The summed E-state index contributed by atoms with van der Waals surface area (Å²) in [4.78, 5) is 14.8. The number of carbonyl (C=O) groups is 1. The molecule has 102 valence electrons. The maximum Gasteiger partial charge on any atom is 0.411 e. The van der Waals surface area contributed by atoms with E-state index in [1.54, 1.807) is 0 Å². The summed E-state index contributed by atoms with van der Waals surface area (Å²) in [6.07, 6.45) is -4.41. The Kier molecular flexibility index (Phi) is 5.37. The van der Waals surface area contributed by atoms with Crippen molar-refractivity contribution in [2.24, 2.45) is 0 Å². The third kappa shape index (κ3) is 5.33. The van der Waals surface area contributed by atoms with Gasteiger partial charge in [0, 0.05) is 26.2 Å². The van der Waals surface area contributed by atoms with Gasteiger partial charge in [0.25, 0.3) is 0 Å². The number of nitriles is 1. The maximum absolute atomic E-state index is 11.8. The van der Waals surface area contributed by atoms with Crippen LogP contribution in [0.4, 0.5) is 13.2 Å². The molecular formula is C10H14F3N3O2. The number of alkyl halides is 3. The van der Waals surface area contributed by atoms with Crippen LogP contribution in [-0.4, -0.2) is 67.8 Å². The Balaban J connectivity index is 2.22. The summed E-state index contributed by atoms with van der Waals surface area (Å²) < 4.78 is 39.7. The first-order valence-corrected chi connectivity index (χ1v) is 5.44. The Bertz CT molecular complexity index is 319. The van der Waals surface area contributed by atoms with Gasteiger partial charge in [0.05, 0.1) is 12.6 Å². The zero-order valence-corrected chi connectivity index (χ0v) is 9.74. The van der Waals surface area contributed by atoms with Crippen LogP contribution in [0.15, 0.2) is 0 Å². The molecule has 1 fully saturated rings. The number of hydrogen-bond donors (Lipinski definition) is 0. The summed E-state index contributed by atoms with van der Waals surface area (Å²) in [7, 11) is 0. The molecule has 0 radical (unpaired) electrons. The van der Waals surface area contributed by atoms with E-state index in [2.05, 4.69) is 4.74 Å². The first kappa shape index (κ1) is 14.7. The predicted molar refractivity (Wildman–Crippen MR) is 55.5 cm³/mol. The number of hydrogen-bond acceptors (Lipinski definition) is 4. The lowest BCUT2D eigenvalue weighted by Gasteiger charge is -2.33. The van der Waals surface area contributed by atoms with Gasteiger partial charge in [0.1, 0.15) is 13.2 Å². The lowest BCUT2D eigenvalue weighted by molar-refractivity contribution is -0.178. The minimum atomic E-state index is -4.41. The monoisotopic (exact) mass is 265 g/mol. The van der Waals surface area contributed by atoms with Crippen LogP contribution in [0.2, 0.25) is 0 Å². The Morgan fingerprint density at radius 1 is 1.28 bits per heavy atom. The predicted octanol–water partition coefficient (Wildman–Crippen LogP) is 0.233. The van der Waals surface area contributed by atoms with E-state index in [0.29, 0.717) is 32.7 Å². The van der Waals surface area contributed by atoms with Gasteiger partial charge in [-0.3, -0.25) is 9.69 Å². The highest BCUT2D eigenvalue weighted by atomic mass is 19.4. The number of nitrogens with zero attached hydrogens (tertiary/aromatic N) is 3. The van der Waals surface area contributed by atoms with Crippen molar-refractivity contribution in [3.63, 3.8) is 0 Å². The minimum absolute atomic E-state index is 0.298. The minimum Gasteiger partial charge on any atom is -0.362 e. The lowest BCUT2D eigenvalue weighted by atomic mass is 10.3. The number of piperazine rings is 1. The topological polar surface area (TPSA) is 56.6 Å². The van der Waals surface area contributed by atoms with Crippen molar-refractivity contribution < 1.29 is 22.7 Å². The molecule has 0 saturated carbocycles. The van der Waals surface area contributed by atoms with Gasteiger partial charge >= 0.3 is 6.18 Å².